The normalized spacial score (nSPS) is 17.5. The smallest absolute Gasteiger partial charge is 0.344 e. The van der Waals surface area contributed by atoms with Crippen molar-refractivity contribution in [3.05, 3.63) is 318 Å². The van der Waals surface area contributed by atoms with Gasteiger partial charge in [0, 0.05) is 6.92 Å². The standard InChI is InChI=1S/C23H22O2.C21H28O3.C18H26O3.C16H22O2.C10H12O2.C8H10O2.C8H10O.C8H10/c1-17-14-15-21(18(2)16-17)22(24)25-23(3,19-10-6-4-7-11-19)20-12-8-5-9-13-20;1-13-4-5-19(14(2)6-13)23-12-20(22)24-21(3)17-8-15-7-16(10-17)11-18(21)9-15;1-4-18(10-6-5-7-11-18)21-17(19)13-20-16-9-8-14(2)12-15(16)3;1-12-7-8-14(13(2)11-12)15(17)18-16(3)9-5-4-6-10-16;1-7-4-5-10(8(2)6-7)12-9(3)11;1-5-3-8(10)6(2)4-7(5)9;1-6-3-4-7(2)8(9)5-6;1-7-3-5-8(2)6-4-7/h4-16H,1-3H3;4-6,15-18H,7-12H2,1-3H3;8-9,12H,4-7,10-11,13H2,1-3H3;7-8,11H,4-6,9-10H2,1-3H3;4-6H,1-3H3;3-4,9-10H,1-2H3;3-5,9H,1-2H3;3-6H,1-2H3. The average molecular weight is 1730 g/mol. The molecule has 678 valence electrons. The maximum absolute atomic E-state index is 12.9. The van der Waals surface area contributed by atoms with E-state index in [4.69, 9.17) is 48.5 Å². The molecule has 6 aliphatic rings. The number of rotatable bonds is 16. The number of aryl methyl sites for hydroxylation is 16. The maximum Gasteiger partial charge on any atom is 0.344 e. The zero-order valence-electron chi connectivity index (χ0n) is 79.4. The van der Waals surface area contributed by atoms with Gasteiger partial charge in [-0.1, -0.05) is 216 Å². The molecular formula is C112H140O15. The van der Waals surface area contributed by atoms with Gasteiger partial charge in [0.1, 0.15) is 51.3 Å². The van der Waals surface area contributed by atoms with E-state index in [0.29, 0.717) is 45.6 Å². The molecule has 0 atom stereocenters. The minimum atomic E-state index is -0.850. The van der Waals surface area contributed by atoms with E-state index >= 15 is 0 Å². The summed E-state index contributed by atoms with van der Waals surface area (Å²) >= 11 is 0. The Balaban J connectivity index is 0.000000185. The van der Waals surface area contributed by atoms with Crippen LogP contribution in [-0.4, -0.2) is 75.2 Å². The van der Waals surface area contributed by atoms with E-state index in [0.717, 1.165) is 137 Å². The lowest BCUT2D eigenvalue weighted by atomic mass is 9.50. The molecule has 127 heavy (non-hydrogen) atoms. The Labute approximate surface area is 757 Å². The highest BCUT2D eigenvalue weighted by Gasteiger charge is 2.57. The van der Waals surface area contributed by atoms with Crippen molar-refractivity contribution >= 4 is 29.8 Å². The van der Waals surface area contributed by atoms with Crippen LogP contribution in [0.5, 0.6) is 34.5 Å². The molecule has 4 bridgehead atoms. The van der Waals surface area contributed by atoms with Crippen LogP contribution in [-0.2, 0) is 38.9 Å². The van der Waals surface area contributed by atoms with Crippen LogP contribution < -0.4 is 14.2 Å². The number of hydrogen-bond donors (Lipinski definition) is 3. The topological polar surface area (TPSA) is 211 Å². The molecule has 0 unspecified atom stereocenters. The molecule has 0 heterocycles. The molecule has 10 aromatic rings. The molecule has 10 aromatic carbocycles. The van der Waals surface area contributed by atoms with Crippen molar-refractivity contribution in [1.29, 1.82) is 0 Å². The molecule has 0 radical (unpaired) electrons. The molecule has 0 saturated heterocycles. The minimum absolute atomic E-state index is 0.00574. The van der Waals surface area contributed by atoms with Crippen LogP contribution in [0.4, 0.5) is 0 Å². The number of carbonyl (C=O) groups is 5. The fraction of sp³-hybridized carbons (Fsp3) is 0.420. The van der Waals surface area contributed by atoms with Gasteiger partial charge in [-0.05, 0) is 355 Å². The highest BCUT2D eigenvalue weighted by Crippen LogP contribution is 2.59. The van der Waals surface area contributed by atoms with E-state index in [1.54, 1.807) is 32.0 Å². The van der Waals surface area contributed by atoms with E-state index in [2.05, 4.69) is 77.9 Å². The van der Waals surface area contributed by atoms with Crippen molar-refractivity contribution in [2.24, 2.45) is 23.7 Å². The quantitative estimate of drug-likeness (QED) is 0.0355. The van der Waals surface area contributed by atoms with E-state index in [1.807, 2.05) is 235 Å². The Kier molecular flexibility index (Phi) is 37.7. The Morgan fingerprint density at radius 1 is 0.362 bits per heavy atom. The predicted octanol–water partition coefficient (Wildman–Crippen LogP) is 26.6. The SMILES string of the molecule is CC(=O)Oc1ccc(C)cc1C.CCC1(OC(=O)COc2ccc(C)cc2C)CCCCC1.Cc1cc(O)c(C)cc1O.Cc1ccc(C(=O)OC(C)(c2ccccc2)c2ccccc2)c(C)c1.Cc1ccc(C(=O)OC2(C)CCCCC2)c(C)c1.Cc1ccc(C)c(O)c1.Cc1ccc(C)cc1.Cc1ccc(OCC(=O)OC2(C)C3CC4CC(C3)CC2C4)c(C)c1. The molecule has 16 rings (SSSR count). The summed E-state index contributed by atoms with van der Waals surface area (Å²) < 4.78 is 39.9. The number of hydrogen-bond acceptors (Lipinski definition) is 15. The average Bonchev–Trinajstić information content (AvgIpc) is 0.732. The summed E-state index contributed by atoms with van der Waals surface area (Å²) in [5.41, 5.74) is 18.5. The summed E-state index contributed by atoms with van der Waals surface area (Å²) in [6, 6.07) is 66.2. The van der Waals surface area contributed by atoms with Gasteiger partial charge in [0.15, 0.2) is 18.8 Å². The molecule has 0 amide bonds. The van der Waals surface area contributed by atoms with Crippen LogP contribution in [0.25, 0.3) is 0 Å². The van der Waals surface area contributed by atoms with Gasteiger partial charge in [-0.2, -0.15) is 0 Å². The van der Waals surface area contributed by atoms with Crippen LogP contribution in [0.2, 0.25) is 0 Å². The Hall–Kier alpha value is -11.5. The van der Waals surface area contributed by atoms with Gasteiger partial charge in [-0.25, -0.2) is 19.2 Å². The zero-order chi connectivity index (χ0) is 92.9. The molecule has 0 aromatic heterocycles. The molecule has 3 N–H and O–H groups in total. The molecule has 0 aliphatic heterocycles. The van der Waals surface area contributed by atoms with Crippen LogP contribution >= 0.6 is 0 Å². The molecule has 6 saturated carbocycles. The monoisotopic (exact) mass is 1730 g/mol. The highest BCUT2D eigenvalue weighted by atomic mass is 16.6. The zero-order valence-corrected chi connectivity index (χ0v) is 79.4. The van der Waals surface area contributed by atoms with Crippen LogP contribution in [0.3, 0.4) is 0 Å². The minimum Gasteiger partial charge on any atom is -0.508 e. The number of benzene rings is 10. The van der Waals surface area contributed by atoms with Crippen molar-refractivity contribution < 1.29 is 72.5 Å². The largest absolute Gasteiger partial charge is 0.508 e. The highest BCUT2D eigenvalue weighted by molar-refractivity contribution is 5.92. The van der Waals surface area contributed by atoms with Crippen LogP contribution in [0.15, 0.2) is 206 Å². The molecule has 15 heteroatoms. The van der Waals surface area contributed by atoms with Gasteiger partial charge in [-0.3, -0.25) is 4.79 Å². The number of carbonyl (C=O) groups excluding carboxylic acids is 5. The Morgan fingerprint density at radius 3 is 1.10 bits per heavy atom. The van der Waals surface area contributed by atoms with Gasteiger partial charge < -0.3 is 48.5 Å². The van der Waals surface area contributed by atoms with Gasteiger partial charge >= 0.3 is 29.8 Å². The summed E-state index contributed by atoms with van der Waals surface area (Å²) in [7, 11) is 0. The first-order valence-corrected chi connectivity index (χ1v) is 45.3. The Bertz CT molecular complexity index is 5120. The number of esters is 5. The van der Waals surface area contributed by atoms with E-state index in [1.165, 1.54) is 85.3 Å². The lowest BCUT2D eigenvalue weighted by molar-refractivity contribution is -0.204. The van der Waals surface area contributed by atoms with E-state index in [-0.39, 0.29) is 71.4 Å². The fourth-order valence-corrected chi connectivity index (χ4v) is 17.8. The number of phenolic OH excluding ortho intramolecular Hbond substituents is 3. The first-order chi connectivity index (χ1) is 60.2. The lowest BCUT2D eigenvalue weighted by Gasteiger charge is -2.59. The third-order valence-electron chi connectivity index (χ3n) is 25.3. The van der Waals surface area contributed by atoms with Crippen molar-refractivity contribution in [1.82, 2.24) is 0 Å². The van der Waals surface area contributed by atoms with Crippen molar-refractivity contribution in [3.63, 3.8) is 0 Å². The summed E-state index contributed by atoms with van der Waals surface area (Å²) in [5, 5.41) is 27.3. The number of ether oxygens (including phenoxy) is 7. The van der Waals surface area contributed by atoms with Crippen molar-refractivity contribution in [2.45, 2.75) is 271 Å². The lowest BCUT2D eigenvalue weighted by Crippen LogP contribution is -2.58. The molecule has 0 spiro atoms. The molecule has 15 nitrogen and oxygen atoms in total. The molecular weight excluding hydrogens is 1590 g/mol. The van der Waals surface area contributed by atoms with E-state index in [9.17, 15) is 24.0 Å². The first-order valence-electron chi connectivity index (χ1n) is 45.3. The fourth-order valence-electron chi connectivity index (χ4n) is 17.8. The molecule has 6 aliphatic carbocycles. The Morgan fingerprint density at radius 2 is 0.717 bits per heavy atom. The second kappa shape index (κ2) is 47.4. The second-order valence-electron chi connectivity index (χ2n) is 36.6. The first kappa shape index (κ1) is 101. The summed E-state index contributed by atoms with van der Waals surface area (Å²) in [4.78, 5) is 60.3. The number of phenols is 3. The van der Waals surface area contributed by atoms with Crippen molar-refractivity contribution in [3.8, 4) is 34.5 Å². The van der Waals surface area contributed by atoms with Crippen molar-refractivity contribution in [2.75, 3.05) is 13.2 Å². The predicted molar refractivity (Wildman–Crippen MR) is 510 cm³/mol. The van der Waals surface area contributed by atoms with Crippen LogP contribution in [0.1, 0.15) is 258 Å². The van der Waals surface area contributed by atoms with Gasteiger partial charge in [0.05, 0.1) is 11.1 Å². The van der Waals surface area contributed by atoms with Gasteiger partial charge in [0.25, 0.3) is 0 Å². The third-order valence-corrected chi connectivity index (χ3v) is 25.3. The second-order valence-corrected chi connectivity index (χ2v) is 36.6. The molecule has 6 fully saturated rings. The maximum atomic E-state index is 12.9. The van der Waals surface area contributed by atoms with Gasteiger partial charge in [0.2, 0.25) is 0 Å². The summed E-state index contributed by atoms with van der Waals surface area (Å²) in [6.07, 6.45) is 18.4. The number of aromatic hydroxyl groups is 3. The van der Waals surface area contributed by atoms with E-state index < -0.39 is 5.60 Å². The van der Waals surface area contributed by atoms with Crippen LogP contribution in [0, 0.1) is 134 Å². The van der Waals surface area contributed by atoms with Gasteiger partial charge in [-0.15, -0.1) is 0 Å². The summed E-state index contributed by atoms with van der Waals surface area (Å²) in [6.45, 7) is 41.2. The third kappa shape index (κ3) is 30.7. The summed E-state index contributed by atoms with van der Waals surface area (Å²) in [5.74, 6) is 4.66.